The molecular formula is C10H17NO3. The number of rotatable bonds is 1. The van der Waals surface area contributed by atoms with Crippen LogP contribution in [0.15, 0.2) is 0 Å². The molecule has 0 bridgehead atoms. The molecule has 1 rings (SSSR count). The number of ketones is 1. The molecular weight excluding hydrogens is 182 g/mol. The van der Waals surface area contributed by atoms with Crippen LogP contribution in [-0.4, -0.2) is 17.5 Å². The van der Waals surface area contributed by atoms with Gasteiger partial charge in [0.1, 0.15) is 11.4 Å². The van der Waals surface area contributed by atoms with E-state index in [0.717, 1.165) is 0 Å². The molecule has 0 radical (unpaired) electrons. The maximum atomic E-state index is 11.3. The Morgan fingerprint density at radius 2 is 2.00 bits per heavy atom. The number of hydrogen-bond acceptors (Lipinski definition) is 3. The lowest BCUT2D eigenvalue weighted by Crippen LogP contribution is -2.51. The Morgan fingerprint density at radius 1 is 1.43 bits per heavy atom. The molecule has 4 nitrogen and oxygen atoms in total. The fraction of sp³-hybridized carbons (Fsp3) is 0.800. The topological polar surface area (TPSA) is 69.4 Å². The second kappa shape index (κ2) is 3.26. The van der Waals surface area contributed by atoms with Crippen molar-refractivity contribution in [2.24, 2.45) is 11.1 Å². The van der Waals surface area contributed by atoms with Crippen LogP contribution < -0.4 is 5.73 Å². The van der Waals surface area contributed by atoms with Crippen molar-refractivity contribution in [3.63, 3.8) is 0 Å². The molecule has 0 spiro atoms. The van der Waals surface area contributed by atoms with E-state index in [1.807, 2.05) is 20.8 Å². The zero-order valence-electron chi connectivity index (χ0n) is 8.92. The van der Waals surface area contributed by atoms with Crippen LogP contribution in [-0.2, 0) is 9.53 Å². The van der Waals surface area contributed by atoms with Crippen LogP contribution >= 0.6 is 0 Å². The summed E-state index contributed by atoms with van der Waals surface area (Å²) in [6, 6.07) is 0. The van der Waals surface area contributed by atoms with Gasteiger partial charge in [-0.15, -0.1) is 0 Å². The average Bonchev–Trinajstić information content (AvgIpc) is 1.96. The molecule has 0 aromatic rings. The Kier molecular flexibility index (Phi) is 2.56. The van der Waals surface area contributed by atoms with Gasteiger partial charge in [0.05, 0.1) is 0 Å². The molecule has 14 heavy (non-hydrogen) atoms. The average molecular weight is 199 g/mol. The summed E-state index contributed by atoms with van der Waals surface area (Å²) in [6.07, 6.45) is 0.695. The third-order valence-corrected chi connectivity index (χ3v) is 3.28. The monoisotopic (exact) mass is 199 g/mol. The molecule has 4 heteroatoms. The number of nitrogens with two attached hydrogens (primary N) is 1. The minimum atomic E-state index is -0.769. The fourth-order valence-corrected chi connectivity index (χ4v) is 1.90. The van der Waals surface area contributed by atoms with Gasteiger partial charge in [0, 0.05) is 18.3 Å². The molecule has 1 amide bonds. The first-order valence-electron chi connectivity index (χ1n) is 4.77. The minimum Gasteiger partial charge on any atom is -0.443 e. The Bertz CT molecular complexity index is 273. The quantitative estimate of drug-likeness (QED) is 0.697. The number of ether oxygens (including phenoxy) is 1. The number of amides is 1. The zero-order chi connectivity index (χ0) is 11.0. The largest absolute Gasteiger partial charge is 0.443 e. The van der Waals surface area contributed by atoms with E-state index in [-0.39, 0.29) is 11.2 Å². The van der Waals surface area contributed by atoms with E-state index in [9.17, 15) is 9.59 Å². The highest BCUT2D eigenvalue weighted by Gasteiger charge is 2.48. The van der Waals surface area contributed by atoms with Gasteiger partial charge in [0.15, 0.2) is 0 Å². The highest BCUT2D eigenvalue weighted by molar-refractivity contribution is 5.80. The van der Waals surface area contributed by atoms with Crippen molar-refractivity contribution in [3.8, 4) is 0 Å². The molecule has 1 unspecified atom stereocenters. The van der Waals surface area contributed by atoms with Gasteiger partial charge in [0.2, 0.25) is 0 Å². The summed E-state index contributed by atoms with van der Waals surface area (Å²) in [7, 11) is 0. The lowest BCUT2D eigenvalue weighted by molar-refractivity contribution is -0.138. The number of Topliss-reactive ketones (excluding diaryl/α,β-unsaturated/α-hetero) is 1. The second-order valence-electron chi connectivity index (χ2n) is 4.75. The molecule has 1 atom stereocenters. The summed E-state index contributed by atoms with van der Waals surface area (Å²) in [6.45, 7) is 5.68. The van der Waals surface area contributed by atoms with Gasteiger partial charge >= 0.3 is 6.09 Å². The Hall–Kier alpha value is -1.06. The lowest BCUT2D eigenvalue weighted by atomic mass is 9.66. The number of hydrogen-bond donors (Lipinski definition) is 1. The number of carbonyl (C=O) groups excluding carboxylic acids is 2. The Balaban J connectivity index is 2.86. The molecule has 0 aliphatic heterocycles. The molecule has 1 saturated carbocycles. The lowest BCUT2D eigenvalue weighted by Gasteiger charge is -2.45. The maximum Gasteiger partial charge on any atom is 0.405 e. The Morgan fingerprint density at radius 3 is 2.43 bits per heavy atom. The van der Waals surface area contributed by atoms with Crippen LogP contribution in [0.25, 0.3) is 0 Å². The van der Waals surface area contributed by atoms with Gasteiger partial charge in [-0.05, 0) is 13.3 Å². The second-order valence-corrected chi connectivity index (χ2v) is 4.75. The van der Waals surface area contributed by atoms with Gasteiger partial charge in [-0.2, -0.15) is 0 Å². The molecule has 0 saturated heterocycles. The molecule has 0 heterocycles. The smallest absolute Gasteiger partial charge is 0.405 e. The molecule has 80 valence electrons. The van der Waals surface area contributed by atoms with Crippen LogP contribution in [0.2, 0.25) is 0 Å². The van der Waals surface area contributed by atoms with E-state index < -0.39 is 11.7 Å². The Labute approximate surface area is 83.8 Å². The van der Waals surface area contributed by atoms with Crippen molar-refractivity contribution in [2.45, 2.75) is 45.6 Å². The molecule has 0 aromatic heterocycles. The molecule has 0 aromatic carbocycles. The third-order valence-electron chi connectivity index (χ3n) is 3.28. The SMILES string of the molecule is CC1(C)CC(=O)CCC1(C)OC(N)=O. The standard InChI is InChI=1S/C10H17NO3/c1-9(2)6-7(12)4-5-10(9,3)14-8(11)13/h4-6H2,1-3H3,(H2,11,13). The predicted octanol–water partition coefficient (Wildman–Crippen LogP) is 1.62. The third kappa shape index (κ3) is 1.89. The van der Waals surface area contributed by atoms with E-state index in [2.05, 4.69) is 0 Å². The van der Waals surface area contributed by atoms with Gasteiger partial charge < -0.3 is 10.5 Å². The van der Waals surface area contributed by atoms with Crippen LogP contribution in [0.5, 0.6) is 0 Å². The molecule has 1 fully saturated rings. The predicted molar refractivity (Wildman–Crippen MR) is 51.7 cm³/mol. The van der Waals surface area contributed by atoms with Gasteiger partial charge in [-0.1, -0.05) is 13.8 Å². The van der Waals surface area contributed by atoms with Crippen molar-refractivity contribution in [1.82, 2.24) is 0 Å². The van der Waals surface area contributed by atoms with Crippen LogP contribution in [0.1, 0.15) is 40.0 Å². The highest BCUT2D eigenvalue weighted by Crippen LogP contribution is 2.44. The summed E-state index contributed by atoms with van der Waals surface area (Å²) in [4.78, 5) is 22.0. The summed E-state index contributed by atoms with van der Waals surface area (Å²) < 4.78 is 5.13. The number of primary amides is 1. The maximum absolute atomic E-state index is 11.3. The summed E-state index contributed by atoms with van der Waals surface area (Å²) in [5.74, 6) is 0.223. The summed E-state index contributed by atoms with van der Waals surface area (Å²) in [5, 5.41) is 0. The van der Waals surface area contributed by atoms with Gasteiger partial charge in [-0.3, -0.25) is 4.79 Å². The van der Waals surface area contributed by atoms with Crippen molar-refractivity contribution >= 4 is 11.9 Å². The van der Waals surface area contributed by atoms with Crippen LogP contribution in [0, 0.1) is 5.41 Å². The molecule has 2 N–H and O–H groups in total. The van der Waals surface area contributed by atoms with Crippen molar-refractivity contribution in [2.75, 3.05) is 0 Å². The van der Waals surface area contributed by atoms with Crippen molar-refractivity contribution in [1.29, 1.82) is 0 Å². The first-order valence-corrected chi connectivity index (χ1v) is 4.77. The van der Waals surface area contributed by atoms with Crippen molar-refractivity contribution in [3.05, 3.63) is 0 Å². The summed E-state index contributed by atoms with van der Waals surface area (Å²) >= 11 is 0. The normalized spacial score (nSPS) is 31.2. The minimum absolute atomic E-state index is 0.223. The van der Waals surface area contributed by atoms with Crippen LogP contribution in [0.3, 0.4) is 0 Å². The van der Waals surface area contributed by atoms with Gasteiger partial charge in [-0.25, -0.2) is 4.79 Å². The highest BCUT2D eigenvalue weighted by atomic mass is 16.6. The van der Waals surface area contributed by atoms with E-state index in [0.29, 0.717) is 19.3 Å². The molecule has 1 aliphatic rings. The van der Waals surface area contributed by atoms with E-state index >= 15 is 0 Å². The van der Waals surface area contributed by atoms with Crippen LogP contribution in [0.4, 0.5) is 4.79 Å². The number of carbonyl (C=O) groups is 2. The van der Waals surface area contributed by atoms with E-state index in [1.165, 1.54) is 0 Å². The fourth-order valence-electron chi connectivity index (χ4n) is 1.90. The first-order chi connectivity index (χ1) is 6.27. The zero-order valence-corrected chi connectivity index (χ0v) is 8.92. The van der Waals surface area contributed by atoms with Gasteiger partial charge in [0.25, 0.3) is 0 Å². The van der Waals surface area contributed by atoms with Crippen molar-refractivity contribution < 1.29 is 14.3 Å². The molecule has 1 aliphatic carbocycles. The van der Waals surface area contributed by atoms with E-state index in [4.69, 9.17) is 10.5 Å². The first kappa shape index (κ1) is 11.0. The van der Waals surface area contributed by atoms with E-state index in [1.54, 1.807) is 0 Å². The summed E-state index contributed by atoms with van der Waals surface area (Å²) in [5.41, 5.74) is 4.06.